The van der Waals surface area contributed by atoms with Gasteiger partial charge in [0.1, 0.15) is 11.5 Å². The number of fused-ring (bicyclic) bond motifs is 1. The molecule has 2 rings (SSSR count). The topological polar surface area (TPSA) is 29.5 Å². The summed E-state index contributed by atoms with van der Waals surface area (Å²) < 4.78 is 5.97. The third-order valence-electron chi connectivity index (χ3n) is 3.60. The largest absolute Gasteiger partial charge is 0.508 e. The van der Waals surface area contributed by atoms with Crippen molar-refractivity contribution in [3.05, 3.63) is 36.4 Å². The average Bonchev–Trinajstić information content (AvgIpc) is 2.44. The summed E-state index contributed by atoms with van der Waals surface area (Å²) >= 11 is 0. The Morgan fingerprint density at radius 1 is 1.00 bits per heavy atom. The molecule has 108 valence electrons. The predicted octanol–water partition coefficient (Wildman–Crippen LogP) is 5.28. The first kappa shape index (κ1) is 14.7. The van der Waals surface area contributed by atoms with Crippen molar-refractivity contribution in [1.82, 2.24) is 0 Å². The van der Waals surface area contributed by atoms with Crippen molar-refractivity contribution >= 4 is 10.8 Å². The van der Waals surface area contributed by atoms with Crippen molar-refractivity contribution in [3.63, 3.8) is 0 Å². The normalized spacial score (nSPS) is 12.5. The number of phenolic OH excluding ortho intramolecular Hbond substituents is 1. The van der Waals surface area contributed by atoms with Crippen LogP contribution in [0, 0.1) is 0 Å². The van der Waals surface area contributed by atoms with Crippen LogP contribution in [0.1, 0.15) is 46.0 Å². The number of hydrogen-bond donors (Lipinski definition) is 1. The highest BCUT2D eigenvalue weighted by Crippen LogP contribution is 2.25. The molecule has 0 radical (unpaired) electrons. The van der Waals surface area contributed by atoms with Gasteiger partial charge in [-0.3, -0.25) is 0 Å². The van der Waals surface area contributed by atoms with Crippen LogP contribution < -0.4 is 4.74 Å². The molecule has 2 heteroatoms. The summed E-state index contributed by atoms with van der Waals surface area (Å²) in [4.78, 5) is 0. The Bertz CT molecular complexity index is 548. The number of rotatable bonds is 7. The molecule has 2 aromatic rings. The molecule has 20 heavy (non-hydrogen) atoms. The SMILES string of the molecule is CCCCCC[C@H](C)Oc1ccc2cc(O)ccc2c1. The van der Waals surface area contributed by atoms with Gasteiger partial charge in [-0.1, -0.05) is 38.3 Å². The Morgan fingerprint density at radius 2 is 1.75 bits per heavy atom. The summed E-state index contributed by atoms with van der Waals surface area (Å²) in [5, 5.41) is 11.6. The highest BCUT2D eigenvalue weighted by atomic mass is 16.5. The van der Waals surface area contributed by atoms with E-state index in [1.165, 1.54) is 25.7 Å². The second-order valence-corrected chi connectivity index (χ2v) is 5.47. The Labute approximate surface area is 121 Å². The summed E-state index contributed by atoms with van der Waals surface area (Å²) in [7, 11) is 0. The van der Waals surface area contributed by atoms with E-state index in [9.17, 15) is 5.11 Å². The van der Waals surface area contributed by atoms with E-state index in [0.29, 0.717) is 5.75 Å². The van der Waals surface area contributed by atoms with Crippen LogP contribution >= 0.6 is 0 Å². The molecule has 0 aliphatic carbocycles. The number of hydrogen-bond acceptors (Lipinski definition) is 2. The van der Waals surface area contributed by atoms with Crippen molar-refractivity contribution in [2.45, 2.75) is 52.1 Å². The molecule has 0 bridgehead atoms. The molecule has 2 nitrogen and oxygen atoms in total. The van der Waals surface area contributed by atoms with E-state index in [1.54, 1.807) is 12.1 Å². The molecule has 2 aromatic carbocycles. The summed E-state index contributed by atoms with van der Waals surface area (Å²) in [5.41, 5.74) is 0. The summed E-state index contributed by atoms with van der Waals surface area (Å²) in [6.45, 7) is 4.36. The Kier molecular flexibility index (Phi) is 5.28. The molecule has 0 heterocycles. The molecule has 0 saturated carbocycles. The lowest BCUT2D eigenvalue weighted by Crippen LogP contribution is -2.11. The lowest BCUT2D eigenvalue weighted by molar-refractivity contribution is 0.206. The lowest BCUT2D eigenvalue weighted by Gasteiger charge is -2.15. The first-order chi connectivity index (χ1) is 9.69. The molecule has 0 aliphatic rings. The van der Waals surface area contributed by atoms with Crippen molar-refractivity contribution in [2.75, 3.05) is 0 Å². The zero-order valence-corrected chi connectivity index (χ0v) is 12.4. The third kappa shape index (κ3) is 4.16. The number of aromatic hydroxyl groups is 1. The average molecular weight is 272 g/mol. The van der Waals surface area contributed by atoms with Crippen LogP contribution in [0.25, 0.3) is 10.8 Å². The second kappa shape index (κ2) is 7.18. The van der Waals surface area contributed by atoms with Gasteiger partial charge in [0, 0.05) is 0 Å². The van der Waals surface area contributed by atoms with Gasteiger partial charge in [0.05, 0.1) is 6.10 Å². The van der Waals surface area contributed by atoms with E-state index >= 15 is 0 Å². The first-order valence-electron chi connectivity index (χ1n) is 7.58. The van der Waals surface area contributed by atoms with Crippen molar-refractivity contribution in [1.29, 1.82) is 0 Å². The number of benzene rings is 2. The zero-order valence-electron chi connectivity index (χ0n) is 12.4. The van der Waals surface area contributed by atoms with Crippen LogP contribution in [0.4, 0.5) is 0 Å². The number of unbranched alkanes of at least 4 members (excludes halogenated alkanes) is 3. The maximum Gasteiger partial charge on any atom is 0.120 e. The molecule has 0 amide bonds. The van der Waals surface area contributed by atoms with Gasteiger partial charge in [0.25, 0.3) is 0 Å². The van der Waals surface area contributed by atoms with Crippen LogP contribution in [0.5, 0.6) is 11.5 Å². The minimum Gasteiger partial charge on any atom is -0.508 e. The number of phenols is 1. The Balaban J connectivity index is 1.94. The quantitative estimate of drug-likeness (QED) is 0.694. The van der Waals surface area contributed by atoms with E-state index in [2.05, 4.69) is 13.8 Å². The third-order valence-corrected chi connectivity index (χ3v) is 3.60. The van der Waals surface area contributed by atoms with Crippen LogP contribution in [-0.4, -0.2) is 11.2 Å². The van der Waals surface area contributed by atoms with E-state index < -0.39 is 0 Å². The minimum atomic E-state index is 0.251. The molecule has 0 aromatic heterocycles. The summed E-state index contributed by atoms with van der Waals surface area (Å²) in [6, 6.07) is 11.4. The van der Waals surface area contributed by atoms with Crippen LogP contribution in [0.15, 0.2) is 36.4 Å². The minimum absolute atomic E-state index is 0.251. The smallest absolute Gasteiger partial charge is 0.120 e. The van der Waals surface area contributed by atoms with Crippen LogP contribution in [-0.2, 0) is 0 Å². The standard InChI is InChI=1S/C18H24O2/c1-3-4-5-6-7-14(2)20-18-11-9-15-12-17(19)10-8-16(15)13-18/h8-14,19H,3-7H2,1-2H3/t14-/m0/s1. The molecular formula is C18H24O2. The molecular weight excluding hydrogens is 248 g/mol. The van der Waals surface area contributed by atoms with Gasteiger partial charge >= 0.3 is 0 Å². The Morgan fingerprint density at radius 3 is 2.55 bits per heavy atom. The van der Waals surface area contributed by atoms with Crippen molar-refractivity contribution in [2.24, 2.45) is 0 Å². The molecule has 1 N–H and O–H groups in total. The summed E-state index contributed by atoms with van der Waals surface area (Å²) in [6.07, 6.45) is 6.46. The number of ether oxygens (including phenoxy) is 1. The maximum atomic E-state index is 9.45. The fourth-order valence-electron chi connectivity index (χ4n) is 2.43. The van der Waals surface area contributed by atoms with E-state index in [-0.39, 0.29) is 6.10 Å². The van der Waals surface area contributed by atoms with Crippen LogP contribution in [0.3, 0.4) is 0 Å². The molecule has 0 spiro atoms. The van der Waals surface area contributed by atoms with Gasteiger partial charge in [0.15, 0.2) is 0 Å². The monoisotopic (exact) mass is 272 g/mol. The van der Waals surface area contributed by atoms with Gasteiger partial charge in [-0.25, -0.2) is 0 Å². The lowest BCUT2D eigenvalue weighted by atomic mass is 10.1. The highest BCUT2D eigenvalue weighted by molar-refractivity contribution is 5.85. The molecule has 0 unspecified atom stereocenters. The molecule has 0 fully saturated rings. The Hall–Kier alpha value is -1.70. The van der Waals surface area contributed by atoms with Crippen molar-refractivity contribution in [3.8, 4) is 11.5 Å². The fourth-order valence-corrected chi connectivity index (χ4v) is 2.43. The summed E-state index contributed by atoms with van der Waals surface area (Å²) in [5.74, 6) is 1.21. The van der Waals surface area contributed by atoms with Gasteiger partial charge in [-0.15, -0.1) is 0 Å². The molecule has 1 atom stereocenters. The zero-order chi connectivity index (χ0) is 14.4. The predicted molar refractivity (Wildman–Crippen MR) is 84.5 cm³/mol. The first-order valence-corrected chi connectivity index (χ1v) is 7.58. The highest BCUT2D eigenvalue weighted by Gasteiger charge is 2.05. The fraction of sp³-hybridized carbons (Fsp3) is 0.444. The van der Waals surface area contributed by atoms with E-state index in [1.807, 2.05) is 24.3 Å². The molecule has 0 aliphatic heterocycles. The van der Waals surface area contributed by atoms with E-state index in [4.69, 9.17) is 4.74 Å². The second-order valence-electron chi connectivity index (χ2n) is 5.47. The van der Waals surface area contributed by atoms with Crippen LogP contribution in [0.2, 0.25) is 0 Å². The van der Waals surface area contributed by atoms with Gasteiger partial charge in [-0.05, 0) is 54.8 Å². The van der Waals surface area contributed by atoms with E-state index in [0.717, 1.165) is 22.9 Å². The molecule has 0 saturated heterocycles. The van der Waals surface area contributed by atoms with Crippen molar-refractivity contribution < 1.29 is 9.84 Å². The van der Waals surface area contributed by atoms with Gasteiger partial charge < -0.3 is 9.84 Å². The van der Waals surface area contributed by atoms with Gasteiger partial charge in [-0.2, -0.15) is 0 Å². The van der Waals surface area contributed by atoms with Gasteiger partial charge in [0.2, 0.25) is 0 Å². The maximum absolute atomic E-state index is 9.45.